The maximum absolute atomic E-state index is 13.2. The molecule has 7 nitrogen and oxygen atoms in total. The summed E-state index contributed by atoms with van der Waals surface area (Å²) in [6.45, 7) is -0.0473. The van der Waals surface area contributed by atoms with Gasteiger partial charge in [0.05, 0.1) is 14.8 Å². The van der Waals surface area contributed by atoms with Crippen LogP contribution in [-0.2, 0) is 16.6 Å². The molecular formula is C19H15ClFN3O4S2. The highest BCUT2D eigenvalue weighted by molar-refractivity contribution is 7.89. The first-order chi connectivity index (χ1) is 14.3. The summed E-state index contributed by atoms with van der Waals surface area (Å²) in [6.07, 6.45) is 0. The van der Waals surface area contributed by atoms with Gasteiger partial charge in [-0.2, -0.15) is 0 Å². The second kappa shape index (κ2) is 9.35. The van der Waals surface area contributed by atoms with E-state index in [9.17, 15) is 22.4 Å². The molecule has 30 heavy (non-hydrogen) atoms. The van der Waals surface area contributed by atoms with E-state index in [1.165, 1.54) is 23.5 Å². The minimum absolute atomic E-state index is 0.0473. The molecule has 3 aromatic rings. The molecule has 0 aliphatic heterocycles. The molecule has 1 aromatic heterocycles. The lowest BCUT2D eigenvalue weighted by molar-refractivity contribution is 0.0849. The standard InChI is InChI=1S/C19H15ClFN3O4S2/c20-15-10-14(7-8-16(15)21)30(27,28)22-11-12-3-5-13(6-4-12)18(25)23-24-19(26)17-2-1-9-29-17/h1-10,22H,11H2,(H,23,25)(H,24,26). The zero-order valence-corrected chi connectivity index (χ0v) is 17.6. The zero-order valence-electron chi connectivity index (χ0n) is 15.2. The van der Waals surface area contributed by atoms with E-state index in [0.717, 1.165) is 18.2 Å². The van der Waals surface area contributed by atoms with Gasteiger partial charge in [0, 0.05) is 12.1 Å². The van der Waals surface area contributed by atoms with Gasteiger partial charge in [-0.05, 0) is 47.3 Å². The van der Waals surface area contributed by atoms with Gasteiger partial charge < -0.3 is 0 Å². The van der Waals surface area contributed by atoms with Crippen LogP contribution in [0.1, 0.15) is 25.6 Å². The Morgan fingerprint density at radius 1 is 1.00 bits per heavy atom. The average Bonchev–Trinajstić information content (AvgIpc) is 3.27. The fourth-order valence-electron chi connectivity index (χ4n) is 2.33. The normalized spacial score (nSPS) is 11.1. The summed E-state index contributed by atoms with van der Waals surface area (Å²) in [6, 6.07) is 12.6. The monoisotopic (exact) mass is 467 g/mol. The molecular weight excluding hydrogens is 453 g/mol. The molecule has 1 heterocycles. The third-order valence-electron chi connectivity index (χ3n) is 3.92. The molecule has 0 spiro atoms. The fourth-order valence-corrected chi connectivity index (χ4v) is 4.24. The molecule has 0 aliphatic carbocycles. The van der Waals surface area contributed by atoms with Gasteiger partial charge >= 0.3 is 0 Å². The maximum atomic E-state index is 13.2. The van der Waals surface area contributed by atoms with E-state index in [1.807, 2.05) is 0 Å². The van der Waals surface area contributed by atoms with E-state index in [1.54, 1.807) is 29.6 Å². The number of sulfonamides is 1. The molecule has 0 aliphatic rings. The number of hydrogen-bond acceptors (Lipinski definition) is 5. The van der Waals surface area contributed by atoms with E-state index < -0.39 is 27.7 Å². The Morgan fingerprint density at radius 2 is 1.70 bits per heavy atom. The van der Waals surface area contributed by atoms with Crippen LogP contribution in [0.5, 0.6) is 0 Å². The summed E-state index contributed by atoms with van der Waals surface area (Å²) in [5, 5.41) is 1.45. The van der Waals surface area contributed by atoms with Crippen molar-refractivity contribution in [2.45, 2.75) is 11.4 Å². The Hall–Kier alpha value is -2.79. The van der Waals surface area contributed by atoms with Gasteiger partial charge in [-0.15, -0.1) is 11.3 Å². The van der Waals surface area contributed by atoms with Crippen LogP contribution in [0.4, 0.5) is 4.39 Å². The van der Waals surface area contributed by atoms with Gasteiger partial charge in [0.1, 0.15) is 5.82 Å². The van der Waals surface area contributed by atoms with E-state index in [4.69, 9.17) is 11.6 Å². The molecule has 2 amide bonds. The van der Waals surface area contributed by atoms with Crippen LogP contribution in [0.2, 0.25) is 5.02 Å². The van der Waals surface area contributed by atoms with Crippen molar-refractivity contribution in [2.75, 3.05) is 0 Å². The summed E-state index contributed by atoms with van der Waals surface area (Å²) < 4.78 is 40.2. The number of halogens is 2. The lowest BCUT2D eigenvalue weighted by atomic mass is 10.1. The number of rotatable bonds is 6. The first-order valence-corrected chi connectivity index (χ1v) is 11.2. The van der Waals surface area contributed by atoms with Crippen molar-refractivity contribution in [1.29, 1.82) is 0 Å². The molecule has 3 N–H and O–H groups in total. The Bertz CT molecular complexity index is 1170. The minimum Gasteiger partial charge on any atom is -0.267 e. The average molecular weight is 468 g/mol. The largest absolute Gasteiger partial charge is 0.279 e. The van der Waals surface area contributed by atoms with Crippen LogP contribution < -0.4 is 15.6 Å². The van der Waals surface area contributed by atoms with Crippen molar-refractivity contribution < 1.29 is 22.4 Å². The molecule has 0 radical (unpaired) electrons. The summed E-state index contributed by atoms with van der Waals surface area (Å²) >= 11 is 6.87. The molecule has 0 bridgehead atoms. The van der Waals surface area contributed by atoms with E-state index in [2.05, 4.69) is 15.6 Å². The molecule has 0 unspecified atom stereocenters. The topological polar surface area (TPSA) is 104 Å². The Balaban J connectivity index is 1.56. The predicted molar refractivity (Wildman–Crippen MR) is 111 cm³/mol. The summed E-state index contributed by atoms with van der Waals surface area (Å²) in [7, 11) is -3.89. The van der Waals surface area contributed by atoms with Gasteiger partial charge in [-0.3, -0.25) is 20.4 Å². The molecule has 3 rings (SSSR count). The van der Waals surface area contributed by atoms with Crippen molar-refractivity contribution >= 4 is 44.8 Å². The van der Waals surface area contributed by atoms with E-state index in [0.29, 0.717) is 10.4 Å². The van der Waals surface area contributed by atoms with Gasteiger partial charge in [0.15, 0.2) is 0 Å². The molecule has 2 aromatic carbocycles. The first kappa shape index (κ1) is 21.9. The van der Waals surface area contributed by atoms with Crippen LogP contribution in [0.15, 0.2) is 64.9 Å². The number of hydrazine groups is 1. The SMILES string of the molecule is O=C(NNC(=O)c1cccs1)c1ccc(CNS(=O)(=O)c2ccc(F)c(Cl)c2)cc1. The summed E-state index contributed by atoms with van der Waals surface area (Å²) in [5.74, 6) is -1.66. The predicted octanol–water partition coefficient (Wildman–Crippen LogP) is 3.09. The molecule has 11 heteroatoms. The lowest BCUT2D eigenvalue weighted by Gasteiger charge is -2.09. The van der Waals surface area contributed by atoms with E-state index in [-0.39, 0.29) is 22.0 Å². The Morgan fingerprint density at radius 3 is 2.33 bits per heavy atom. The molecule has 156 valence electrons. The van der Waals surface area contributed by atoms with Crippen molar-refractivity contribution in [3.05, 3.63) is 86.8 Å². The number of carbonyl (C=O) groups is 2. The number of benzene rings is 2. The number of thiophene rings is 1. The van der Waals surface area contributed by atoms with E-state index >= 15 is 0 Å². The number of amides is 2. The highest BCUT2D eigenvalue weighted by Crippen LogP contribution is 2.19. The number of carbonyl (C=O) groups excluding carboxylic acids is 2. The van der Waals surface area contributed by atoms with Gasteiger partial charge in [0.2, 0.25) is 10.0 Å². The first-order valence-electron chi connectivity index (χ1n) is 8.44. The smallest absolute Gasteiger partial charge is 0.267 e. The minimum atomic E-state index is -3.89. The number of nitrogens with one attached hydrogen (secondary N) is 3. The second-order valence-electron chi connectivity index (χ2n) is 5.98. The van der Waals surface area contributed by atoms with Gasteiger partial charge in [-0.1, -0.05) is 29.8 Å². The number of hydrogen-bond donors (Lipinski definition) is 3. The third-order valence-corrected chi connectivity index (χ3v) is 6.48. The quantitative estimate of drug-likeness (QED) is 0.484. The maximum Gasteiger partial charge on any atom is 0.279 e. The van der Waals surface area contributed by atoms with Crippen LogP contribution in [0.25, 0.3) is 0 Å². The highest BCUT2D eigenvalue weighted by Gasteiger charge is 2.16. The second-order valence-corrected chi connectivity index (χ2v) is 9.10. The highest BCUT2D eigenvalue weighted by atomic mass is 35.5. The van der Waals surface area contributed by atoms with Gasteiger partial charge in [-0.25, -0.2) is 17.5 Å². The molecule has 0 atom stereocenters. The molecule has 0 saturated heterocycles. The Labute approximate surface area is 180 Å². The van der Waals surface area contributed by atoms with Crippen molar-refractivity contribution in [1.82, 2.24) is 15.6 Å². The summed E-state index contributed by atoms with van der Waals surface area (Å²) in [5.41, 5.74) is 5.49. The molecule has 0 fully saturated rings. The fraction of sp³-hybridized carbons (Fsp3) is 0.0526. The Kier molecular flexibility index (Phi) is 6.83. The van der Waals surface area contributed by atoms with Crippen molar-refractivity contribution in [3.8, 4) is 0 Å². The van der Waals surface area contributed by atoms with Gasteiger partial charge in [0.25, 0.3) is 11.8 Å². The van der Waals surface area contributed by atoms with Crippen LogP contribution in [-0.4, -0.2) is 20.2 Å². The third kappa shape index (κ3) is 5.42. The van der Waals surface area contributed by atoms with Crippen molar-refractivity contribution in [3.63, 3.8) is 0 Å². The van der Waals surface area contributed by atoms with Crippen LogP contribution >= 0.6 is 22.9 Å². The zero-order chi connectivity index (χ0) is 21.7. The summed E-state index contributed by atoms with van der Waals surface area (Å²) in [4.78, 5) is 24.2. The molecule has 0 saturated carbocycles. The lowest BCUT2D eigenvalue weighted by Crippen LogP contribution is -2.41. The van der Waals surface area contributed by atoms with Crippen LogP contribution in [0.3, 0.4) is 0 Å². The van der Waals surface area contributed by atoms with Crippen LogP contribution in [0, 0.1) is 5.82 Å². The van der Waals surface area contributed by atoms with Crippen molar-refractivity contribution in [2.24, 2.45) is 0 Å².